The number of hydrogen-bond acceptors (Lipinski definition) is 7. The SMILES string of the molecule is COCCc1ccc(-c2nc(NC3CC3)nc3sc(C(N)=O)c(N)c23)cc1. The maximum absolute atomic E-state index is 11.7. The standard InChI is InChI=1S/C19H21N5O2S/c1-26-9-8-10-2-4-11(5-3-10)15-13-14(20)16(17(21)25)27-18(13)24-19(23-15)22-12-6-7-12/h2-5,12H,6-9,20H2,1H3,(H2,21,25)(H,22,23,24). The molecule has 0 unspecified atom stereocenters. The van der Waals surface area contributed by atoms with Crippen LogP contribution in [-0.2, 0) is 11.2 Å². The van der Waals surface area contributed by atoms with E-state index < -0.39 is 5.91 Å². The lowest BCUT2D eigenvalue weighted by Crippen LogP contribution is -2.10. The maximum atomic E-state index is 11.7. The Labute approximate surface area is 160 Å². The number of nitrogen functional groups attached to an aromatic ring is 1. The Morgan fingerprint density at radius 1 is 1.30 bits per heavy atom. The first kappa shape index (κ1) is 17.7. The van der Waals surface area contributed by atoms with Crippen molar-refractivity contribution in [3.05, 3.63) is 34.7 Å². The average molecular weight is 383 g/mol. The molecule has 0 spiro atoms. The third-order valence-corrected chi connectivity index (χ3v) is 5.66. The number of carbonyl (C=O) groups excluding carboxylic acids is 1. The summed E-state index contributed by atoms with van der Waals surface area (Å²) in [5.41, 5.74) is 14.9. The number of ether oxygens (including phenoxy) is 1. The van der Waals surface area contributed by atoms with Crippen molar-refractivity contribution in [1.82, 2.24) is 9.97 Å². The highest BCUT2D eigenvalue weighted by molar-refractivity contribution is 7.21. The number of thiophene rings is 1. The second-order valence-electron chi connectivity index (χ2n) is 6.64. The molecule has 8 heteroatoms. The summed E-state index contributed by atoms with van der Waals surface area (Å²) in [5, 5.41) is 4.01. The molecule has 2 aromatic heterocycles. The van der Waals surface area contributed by atoms with E-state index in [1.165, 1.54) is 16.9 Å². The fourth-order valence-corrected chi connectivity index (χ4v) is 3.88. The predicted octanol–water partition coefficient (Wildman–Crippen LogP) is 2.80. The minimum atomic E-state index is -0.548. The fraction of sp³-hybridized carbons (Fsp3) is 0.316. The minimum absolute atomic E-state index is 0.320. The van der Waals surface area contributed by atoms with E-state index >= 15 is 0 Å². The molecule has 2 heterocycles. The average Bonchev–Trinajstić information content (AvgIpc) is 3.41. The molecule has 1 fully saturated rings. The third kappa shape index (κ3) is 3.58. The van der Waals surface area contributed by atoms with E-state index in [1.807, 2.05) is 24.3 Å². The summed E-state index contributed by atoms with van der Waals surface area (Å²) < 4.78 is 5.13. The number of primary amides is 1. The van der Waals surface area contributed by atoms with Gasteiger partial charge in [-0.3, -0.25) is 4.79 Å². The Bertz CT molecular complexity index is 995. The molecule has 5 N–H and O–H groups in total. The largest absolute Gasteiger partial charge is 0.397 e. The predicted molar refractivity (Wildman–Crippen MR) is 108 cm³/mol. The number of nitrogens with zero attached hydrogens (tertiary/aromatic N) is 2. The van der Waals surface area contributed by atoms with E-state index in [0.717, 1.165) is 24.8 Å². The molecule has 140 valence electrons. The van der Waals surface area contributed by atoms with Gasteiger partial charge in [-0.15, -0.1) is 11.3 Å². The van der Waals surface area contributed by atoms with Gasteiger partial charge in [0.1, 0.15) is 9.71 Å². The highest BCUT2D eigenvalue weighted by Crippen LogP contribution is 2.39. The maximum Gasteiger partial charge on any atom is 0.260 e. The summed E-state index contributed by atoms with van der Waals surface area (Å²) >= 11 is 1.21. The van der Waals surface area contributed by atoms with Gasteiger partial charge in [-0.2, -0.15) is 0 Å². The van der Waals surface area contributed by atoms with Gasteiger partial charge in [0.25, 0.3) is 5.91 Å². The second kappa shape index (κ2) is 7.13. The van der Waals surface area contributed by atoms with Crippen LogP contribution in [0.3, 0.4) is 0 Å². The van der Waals surface area contributed by atoms with Crippen molar-refractivity contribution in [1.29, 1.82) is 0 Å². The lowest BCUT2D eigenvalue weighted by molar-refractivity contribution is 0.100. The van der Waals surface area contributed by atoms with Crippen molar-refractivity contribution >= 4 is 39.1 Å². The lowest BCUT2D eigenvalue weighted by atomic mass is 10.0. The minimum Gasteiger partial charge on any atom is -0.397 e. The van der Waals surface area contributed by atoms with Crippen LogP contribution in [0, 0.1) is 0 Å². The van der Waals surface area contributed by atoms with Crippen molar-refractivity contribution < 1.29 is 9.53 Å². The van der Waals surface area contributed by atoms with Crippen molar-refractivity contribution in [3.8, 4) is 11.3 Å². The number of fused-ring (bicyclic) bond motifs is 1. The number of hydrogen-bond donors (Lipinski definition) is 3. The Morgan fingerprint density at radius 2 is 2.04 bits per heavy atom. The van der Waals surface area contributed by atoms with Crippen molar-refractivity contribution in [2.45, 2.75) is 25.3 Å². The van der Waals surface area contributed by atoms with Gasteiger partial charge >= 0.3 is 0 Å². The first-order valence-electron chi connectivity index (χ1n) is 8.81. The van der Waals surface area contributed by atoms with Gasteiger partial charge in [0.05, 0.1) is 23.4 Å². The summed E-state index contributed by atoms with van der Waals surface area (Å²) in [6.07, 6.45) is 3.07. The molecule has 27 heavy (non-hydrogen) atoms. The zero-order valence-corrected chi connectivity index (χ0v) is 15.8. The normalized spacial score (nSPS) is 13.8. The fourth-order valence-electron chi connectivity index (χ4n) is 2.94. The van der Waals surface area contributed by atoms with E-state index in [-0.39, 0.29) is 0 Å². The van der Waals surface area contributed by atoms with Crippen LogP contribution in [-0.4, -0.2) is 35.6 Å². The number of rotatable bonds is 7. The third-order valence-electron chi connectivity index (χ3n) is 4.55. The number of nitrogens with one attached hydrogen (secondary N) is 1. The molecule has 3 aromatic rings. The van der Waals surface area contributed by atoms with Gasteiger partial charge in [-0.05, 0) is 24.8 Å². The number of amides is 1. The highest BCUT2D eigenvalue weighted by atomic mass is 32.1. The van der Waals surface area contributed by atoms with Crippen LogP contribution in [0.4, 0.5) is 11.6 Å². The van der Waals surface area contributed by atoms with Crippen LogP contribution in [0.2, 0.25) is 0 Å². The molecule has 0 aliphatic heterocycles. The van der Waals surface area contributed by atoms with Gasteiger partial charge in [-0.25, -0.2) is 9.97 Å². The van der Waals surface area contributed by atoms with Gasteiger partial charge in [-0.1, -0.05) is 24.3 Å². The van der Waals surface area contributed by atoms with E-state index in [9.17, 15) is 4.79 Å². The van der Waals surface area contributed by atoms with E-state index in [2.05, 4.69) is 10.3 Å². The molecule has 1 aliphatic rings. The number of nitrogens with two attached hydrogens (primary N) is 2. The Hall–Kier alpha value is -2.71. The molecule has 0 bridgehead atoms. The summed E-state index contributed by atoms with van der Waals surface area (Å²) in [6.45, 7) is 0.673. The van der Waals surface area contributed by atoms with Crippen molar-refractivity contribution in [2.75, 3.05) is 24.8 Å². The van der Waals surface area contributed by atoms with Crippen molar-refractivity contribution in [2.24, 2.45) is 5.73 Å². The van der Waals surface area contributed by atoms with Crippen LogP contribution in [0.1, 0.15) is 28.1 Å². The monoisotopic (exact) mass is 383 g/mol. The molecule has 0 saturated heterocycles. The quantitative estimate of drug-likeness (QED) is 0.578. The topological polar surface area (TPSA) is 116 Å². The summed E-state index contributed by atoms with van der Waals surface area (Å²) in [7, 11) is 1.69. The van der Waals surface area contributed by atoms with Crippen LogP contribution in [0.15, 0.2) is 24.3 Å². The van der Waals surface area contributed by atoms with Gasteiger partial charge in [0.2, 0.25) is 5.95 Å². The van der Waals surface area contributed by atoms with Gasteiger partial charge in [0.15, 0.2) is 0 Å². The molecule has 7 nitrogen and oxygen atoms in total. The highest BCUT2D eigenvalue weighted by Gasteiger charge is 2.25. The Morgan fingerprint density at radius 3 is 2.67 bits per heavy atom. The molecule has 1 amide bonds. The first-order valence-corrected chi connectivity index (χ1v) is 9.63. The Kier molecular flexibility index (Phi) is 4.67. The van der Waals surface area contributed by atoms with Crippen molar-refractivity contribution in [3.63, 3.8) is 0 Å². The number of methoxy groups -OCH3 is 1. The second-order valence-corrected chi connectivity index (χ2v) is 7.64. The summed E-state index contributed by atoms with van der Waals surface area (Å²) in [5.74, 6) is 0.00814. The molecule has 1 aromatic carbocycles. The van der Waals surface area contributed by atoms with Gasteiger partial charge < -0.3 is 21.5 Å². The van der Waals surface area contributed by atoms with Crippen LogP contribution in [0.5, 0.6) is 0 Å². The molecule has 1 saturated carbocycles. The molecule has 1 aliphatic carbocycles. The summed E-state index contributed by atoms with van der Waals surface area (Å²) in [6, 6.07) is 8.53. The van der Waals surface area contributed by atoms with Crippen LogP contribution in [0.25, 0.3) is 21.5 Å². The van der Waals surface area contributed by atoms with Gasteiger partial charge in [0, 0.05) is 18.7 Å². The zero-order chi connectivity index (χ0) is 19.0. The van der Waals surface area contributed by atoms with E-state index in [1.54, 1.807) is 7.11 Å². The van der Waals surface area contributed by atoms with E-state index in [4.69, 9.17) is 21.2 Å². The lowest BCUT2D eigenvalue weighted by Gasteiger charge is -2.09. The molecule has 0 radical (unpaired) electrons. The van der Waals surface area contributed by atoms with E-state index in [0.29, 0.717) is 45.1 Å². The molecular formula is C19H21N5O2S. The zero-order valence-electron chi connectivity index (χ0n) is 15.0. The van der Waals surface area contributed by atoms with Crippen LogP contribution < -0.4 is 16.8 Å². The number of aromatic nitrogens is 2. The molecule has 4 rings (SSSR count). The number of carbonyl (C=O) groups is 1. The molecule has 0 atom stereocenters. The Balaban J connectivity index is 1.82. The number of anilines is 2. The smallest absolute Gasteiger partial charge is 0.260 e. The number of benzene rings is 1. The summed E-state index contributed by atoms with van der Waals surface area (Å²) in [4.78, 5) is 22.0. The molecular weight excluding hydrogens is 362 g/mol. The first-order chi connectivity index (χ1) is 13.1. The van der Waals surface area contributed by atoms with Crippen LogP contribution >= 0.6 is 11.3 Å².